The number of urea groups is 1. The SMILES string of the molecule is CCn1c(C)cc(/C=C2/NC(=O)N(Cc3ccc(Cl)cc3)C2=O)c1C. The average molecular weight is 358 g/mol. The molecule has 1 aromatic heterocycles. The first-order valence-electron chi connectivity index (χ1n) is 8.16. The van der Waals surface area contributed by atoms with Gasteiger partial charge in [-0.05, 0) is 56.2 Å². The molecule has 0 unspecified atom stereocenters. The molecule has 0 radical (unpaired) electrons. The van der Waals surface area contributed by atoms with Gasteiger partial charge in [-0.3, -0.25) is 9.69 Å². The van der Waals surface area contributed by atoms with E-state index in [4.69, 9.17) is 11.6 Å². The largest absolute Gasteiger partial charge is 0.349 e. The van der Waals surface area contributed by atoms with Gasteiger partial charge in [0.05, 0.1) is 6.54 Å². The minimum absolute atomic E-state index is 0.215. The molecule has 0 spiro atoms. The van der Waals surface area contributed by atoms with Crippen LogP contribution >= 0.6 is 11.6 Å². The Bertz CT molecular complexity index is 866. The van der Waals surface area contributed by atoms with E-state index >= 15 is 0 Å². The highest BCUT2D eigenvalue weighted by atomic mass is 35.5. The Balaban J connectivity index is 1.84. The summed E-state index contributed by atoms with van der Waals surface area (Å²) in [6.45, 7) is 7.19. The lowest BCUT2D eigenvalue weighted by Crippen LogP contribution is -2.30. The molecule has 130 valence electrons. The first-order chi connectivity index (χ1) is 11.9. The van der Waals surface area contributed by atoms with Crippen LogP contribution in [0.25, 0.3) is 6.08 Å². The van der Waals surface area contributed by atoms with Gasteiger partial charge in [0, 0.05) is 23.0 Å². The molecule has 1 N–H and O–H groups in total. The van der Waals surface area contributed by atoms with Crippen LogP contribution in [-0.4, -0.2) is 21.4 Å². The van der Waals surface area contributed by atoms with Gasteiger partial charge in [-0.15, -0.1) is 0 Å². The second kappa shape index (κ2) is 6.76. The molecule has 2 aromatic rings. The van der Waals surface area contributed by atoms with Crippen molar-refractivity contribution in [2.75, 3.05) is 0 Å². The summed E-state index contributed by atoms with van der Waals surface area (Å²) in [4.78, 5) is 26.0. The van der Waals surface area contributed by atoms with Crippen LogP contribution in [0.4, 0.5) is 4.79 Å². The molecule has 0 saturated carbocycles. The smallest absolute Gasteiger partial charge is 0.329 e. The maximum atomic E-state index is 12.6. The van der Waals surface area contributed by atoms with E-state index in [-0.39, 0.29) is 12.5 Å². The maximum Gasteiger partial charge on any atom is 0.329 e. The van der Waals surface area contributed by atoms with Crippen molar-refractivity contribution < 1.29 is 9.59 Å². The molecule has 0 atom stereocenters. The van der Waals surface area contributed by atoms with Gasteiger partial charge in [0.15, 0.2) is 0 Å². The first-order valence-corrected chi connectivity index (χ1v) is 8.54. The molecule has 25 heavy (non-hydrogen) atoms. The quantitative estimate of drug-likeness (QED) is 0.667. The Morgan fingerprint density at radius 3 is 2.44 bits per heavy atom. The molecule has 1 fully saturated rings. The van der Waals surface area contributed by atoms with Crippen molar-refractivity contribution in [2.24, 2.45) is 0 Å². The lowest BCUT2D eigenvalue weighted by molar-refractivity contribution is -0.123. The molecule has 2 heterocycles. The summed E-state index contributed by atoms with van der Waals surface area (Å²) >= 11 is 5.87. The van der Waals surface area contributed by atoms with Crippen LogP contribution in [0.1, 0.15) is 29.4 Å². The number of nitrogens with one attached hydrogen (secondary N) is 1. The molecule has 3 amide bonds. The van der Waals surface area contributed by atoms with Gasteiger partial charge in [0.2, 0.25) is 0 Å². The number of halogens is 1. The number of rotatable bonds is 4. The van der Waals surface area contributed by atoms with Crippen molar-refractivity contribution in [2.45, 2.75) is 33.9 Å². The fraction of sp³-hybridized carbons (Fsp3) is 0.263. The number of amides is 3. The second-order valence-electron chi connectivity index (χ2n) is 6.08. The Morgan fingerprint density at radius 2 is 1.84 bits per heavy atom. The van der Waals surface area contributed by atoms with Crippen LogP contribution in [0.15, 0.2) is 36.0 Å². The van der Waals surface area contributed by atoms with Crippen LogP contribution in [0.3, 0.4) is 0 Å². The summed E-state index contributed by atoms with van der Waals surface area (Å²) in [5.41, 5.74) is 4.29. The van der Waals surface area contributed by atoms with Crippen molar-refractivity contribution in [3.63, 3.8) is 0 Å². The summed E-state index contributed by atoms with van der Waals surface area (Å²) in [5, 5.41) is 3.29. The van der Waals surface area contributed by atoms with Gasteiger partial charge in [0.25, 0.3) is 5.91 Å². The normalized spacial score (nSPS) is 16.0. The van der Waals surface area contributed by atoms with E-state index in [1.807, 2.05) is 19.9 Å². The van der Waals surface area contributed by atoms with Gasteiger partial charge in [-0.1, -0.05) is 23.7 Å². The third-order valence-corrected chi connectivity index (χ3v) is 4.70. The second-order valence-corrected chi connectivity index (χ2v) is 6.51. The average Bonchev–Trinajstić information content (AvgIpc) is 2.99. The van der Waals surface area contributed by atoms with Crippen LogP contribution in [0.2, 0.25) is 5.02 Å². The van der Waals surface area contributed by atoms with Crippen molar-refractivity contribution in [3.8, 4) is 0 Å². The van der Waals surface area contributed by atoms with Crippen LogP contribution in [0.5, 0.6) is 0 Å². The van der Waals surface area contributed by atoms with Gasteiger partial charge in [0.1, 0.15) is 5.70 Å². The first kappa shape index (κ1) is 17.3. The lowest BCUT2D eigenvalue weighted by atomic mass is 10.2. The monoisotopic (exact) mass is 357 g/mol. The molecule has 1 aliphatic rings. The van der Waals surface area contributed by atoms with Crippen molar-refractivity contribution in [1.82, 2.24) is 14.8 Å². The molecule has 1 saturated heterocycles. The van der Waals surface area contributed by atoms with E-state index in [2.05, 4.69) is 16.8 Å². The third-order valence-electron chi connectivity index (χ3n) is 4.45. The number of aromatic nitrogens is 1. The van der Waals surface area contributed by atoms with E-state index in [0.29, 0.717) is 10.7 Å². The Labute approximate surface area is 151 Å². The van der Waals surface area contributed by atoms with Crippen LogP contribution in [0, 0.1) is 13.8 Å². The number of benzene rings is 1. The fourth-order valence-electron chi connectivity index (χ4n) is 3.10. The predicted octanol–water partition coefficient (Wildman–Crippen LogP) is 3.87. The number of hydrogen-bond donors (Lipinski definition) is 1. The molecule has 6 heteroatoms. The Morgan fingerprint density at radius 1 is 1.16 bits per heavy atom. The van der Waals surface area contributed by atoms with E-state index in [1.165, 1.54) is 4.90 Å². The minimum atomic E-state index is -0.407. The number of hydrogen-bond acceptors (Lipinski definition) is 2. The van der Waals surface area contributed by atoms with Gasteiger partial charge in [-0.2, -0.15) is 0 Å². The molecule has 5 nitrogen and oxygen atoms in total. The molecule has 0 bridgehead atoms. The van der Waals surface area contributed by atoms with E-state index in [0.717, 1.165) is 29.1 Å². The zero-order chi connectivity index (χ0) is 18.1. The Hall–Kier alpha value is -2.53. The molecule has 3 rings (SSSR count). The summed E-state index contributed by atoms with van der Waals surface area (Å²) < 4.78 is 2.17. The lowest BCUT2D eigenvalue weighted by Gasteiger charge is -2.11. The van der Waals surface area contributed by atoms with Gasteiger partial charge >= 0.3 is 6.03 Å². The van der Waals surface area contributed by atoms with Crippen molar-refractivity contribution in [1.29, 1.82) is 0 Å². The fourth-order valence-corrected chi connectivity index (χ4v) is 3.23. The van der Waals surface area contributed by atoms with Crippen molar-refractivity contribution in [3.05, 3.63) is 63.6 Å². The Kier molecular flexibility index (Phi) is 4.68. The molecule has 0 aliphatic carbocycles. The highest BCUT2D eigenvalue weighted by Crippen LogP contribution is 2.21. The molecule has 1 aromatic carbocycles. The number of nitrogens with zero attached hydrogens (tertiary/aromatic N) is 2. The highest BCUT2D eigenvalue weighted by molar-refractivity contribution is 6.30. The number of aryl methyl sites for hydroxylation is 1. The number of carbonyl (C=O) groups is 2. The maximum absolute atomic E-state index is 12.6. The molecule has 1 aliphatic heterocycles. The van der Waals surface area contributed by atoms with Gasteiger partial charge in [-0.25, -0.2) is 4.79 Å². The zero-order valence-corrected chi connectivity index (χ0v) is 15.2. The summed E-state index contributed by atoms with van der Waals surface area (Å²) in [7, 11) is 0. The van der Waals surface area contributed by atoms with Crippen molar-refractivity contribution >= 4 is 29.6 Å². The van der Waals surface area contributed by atoms with Crippen LogP contribution in [-0.2, 0) is 17.9 Å². The summed E-state index contributed by atoms with van der Waals surface area (Å²) in [5.74, 6) is -0.318. The molecular weight excluding hydrogens is 338 g/mol. The van der Waals surface area contributed by atoms with E-state index in [1.54, 1.807) is 30.3 Å². The summed E-state index contributed by atoms with van der Waals surface area (Å²) in [6, 6.07) is 8.71. The number of carbonyl (C=O) groups excluding carboxylic acids is 2. The topological polar surface area (TPSA) is 54.3 Å². The highest BCUT2D eigenvalue weighted by Gasteiger charge is 2.33. The van der Waals surface area contributed by atoms with Crippen LogP contribution < -0.4 is 5.32 Å². The third kappa shape index (κ3) is 3.33. The minimum Gasteiger partial charge on any atom is -0.349 e. The van der Waals surface area contributed by atoms with E-state index < -0.39 is 6.03 Å². The number of imide groups is 1. The van der Waals surface area contributed by atoms with Gasteiger partial charge < -0.3 is 9.88 Å². The molecular formula is C19H20ClN3O2. The predicted molar refractivity (Wildman–Crippen MR) is 98.1 cm³/mol. The van der Waals surface area contributed by atoms with E-state index in [9.17, 15) is 9.59 Å². The zero-order valence-electron chi connectivity index (χ0n) is 14.5. The summed E-state index contributed by atoms with van der Waals surface area (Å²) in [6.07, 6.45) is 1.75. The standard InChI is InChI=1S/C19H20ClN3O2/c1-4-22-12(2)9-15(13(22)3)10-17-18(24)23(19(25)21-17)11-14-5-7-16(20)8-6-14/h5-10H,4,11H2,1-3H3,(H,21,25)/b17-10+.